The van der Waals surface area contributed by atoms with Crippen LogP contribution in [0.1, 0.15) is 194 Å². The molecule has 10 heteroatoms. The average molecular weight is 969 g/mol. The number of nitrogens with zero attached hydrogens (tertiary/aromatic N) is 1. The molecule has 0 saturated heterocycles. The Hall–Kier alpha value is -3.33. The Morgan fingerprint density at radius 1 is 0.471 bits per heavy atom. The molecular weight excluding hydrogens is 870 g/mol. The van der Waals surface area contributed by atoms with Crippen molar-refractivity contribution in [1.82, 2.24) is 0 Å². The summed E-state index contributed by atoms with van der Waals surface area (Å²) in [7, 11) is 1.45. The number of carbonyl (C=O) groups excluding carboxylic acids is 2. The van der Waals surface area contributed by atoms with Gasteiger partial charge in [0.25, 0.3) is 0 Å². The molecular formula is C58H99NO8P+. The first kappa shape index (κ1) is 64.7. The number of esters is 2. The summed E-state index contributed by atoms with van der Waals surface area (Å²) in [6.07, 6.45) is 67.3. The SMILES string of the molecule is CC/C=C\C/C=C\C/C=C\C/C=C\C/C=C\C/C=C\C/C=C\C/C=C\CCCCCCCCCCC(=O)OC(COC(=O)CCCCCCC/C=C\CCCC)COP(=O)(O)OCC[N+](C)(C)C. The molecule has 1 N–H and O–H groups in total. The van der Waals surface area contributed by atoms with E-state index in [1.807, 2.05) is 21.1 Å². The highest BCUT2D eigenvalue weighted by Gasteiger charge is 2.27. The summed E-state index contributed by atoms with van der Waals surface area (Å²) in [6, 6.07) is 0. The van der Waals surface area contributed by atoms with Crippen molar-refractivity contribution in [1.29, 1.82) is 0 Å². The summed E-state index contributed by atoms with van der Waals surface area (Å²) in [5, 5.41) is 0. The van der Waals surface area contributed by atoms with E-state index in [0.717, 1.165) is 122 Å². The zero-order chi connectivity index (χ0) is 49.9. The smallest absolute Gasteiger partial charge is 0.462 e. The number of carbonyl (C=O) groups is 2. The molecule has 9 nitrogen and oxygen atoms in total. The van der Waals surface area contributed by atoms with Gasteiger partial charge in [0.1, 0.15) is 19.8 Å². The molecule has 0 aliphatic rings. The molecule has 0 aromatic carbocycles. The number of unbranched alkanes of at least 4 members (excludes halogenated alkanes) is 15. The van der Waals surface area contributed by atoms with E-state index in [1.165, 1.54) is 38.5 Å². The summed E-state index contributed by atoms with van der Waals surface area (Å²) in [5.74, 6) is -0.828. The van der Waals surface area contributed by atoms with Gasteiger partial charge < -0.3 is 18.9 Å². The first-order valence-corrected chi connectivity index (χ1v) is 28.1. The fourth-order valence-electron chi connectivity index (χ4n) is 6.66. The fraction of sp³-hybridized carbons (Fsp3) is 0.655. The van der Waals surface area contributed by atoms with Crippen LogP contribution in [0.25, 0.3) is 0 Å². The first-order valence-electron chi connectivity index (χ1n) is 26.6. The molecule has 0 bridgehead atoms. The largest absolute Gasteiger partial charge is 0.472 e. The summed E-state index contributed by atoms with van der Waals surface area (Å²) >= 11 is 0. The topological polar surface area (TPSA) is 108 Å². The molecule has 0 amide bonds. The molecule has 0 spiro atoms. The number of likely N-dealkylation sites (N-methyl/N-ethyl adjacent to an activating group) is 1. The van der Waals surface area contributed by atoms with E-state index in [0.29, 0.717) is 17.4 Å². The maximum Gasteiger partial charge on any atom is 0.472 e. The number of rotatable bonds is 47. The van der Waals surface area contributed by atoms with Gasteiger partial charge in [0.15, 0.2) is 6.10 Å². The third kappa shape index (κ3) is 52.0. The van der Waals surface area contributed by atoms with Gasteiger partial charge in [-0.1, -0.05) is 194 Å². The molecule has 0 aliphatic carbocycles. The van der Waals surface area contributed by atoms with Crippen LogP contribution in [0, 0.1) is 0 Å². The molecule has 0 rings (SSSR count). The van der Waals surface area contributed by atoms with Crippen LogP contribution < -0.4 is 0 Å². The van der Waals surface area contributed by atoms with E-state index in [-0.39, 0.29) is 32.0 Å². The molecule has 0 aromatic heterocycles. The normalized spacial score (nSPS) is 14.3. The second-order valence-corrected chi connectivity index (χ2v) is 20.0. The van der Waals surface area contributed by atoms with Gasteiger partial charge in [-0.05, 0) is 96.3 Å². The Morgan fingerprint density at radius 3 is 1.26 bits per heavy atom. The van der Waals surface area contributed by atoms with Gasteiger partial charge in [0, 0.05) is 12.8 Å². The van der Waals surface area contributed by atoms with E-state index in [4.69, 9.17) is 18.5 Å². The maximum absolute atomic E-state index is 12.8. The quantitative estimate of drug-likeness (QED) is 0.0211. The number of hydrogen-bond acceptors (Lipinski definition) is 7. The average Bonchev–Trinajstić information content (AvgIpc) is 3.30. The standard InChI is InChI=1S/C58H98NO8P/c1-6-8-10-12-14-16-18-19-20-21-22-23-24-25-26-27-28-29-30-31-32-33-34-35-36-37-38-39-41-43-45-47-49-51-58(61)67-56(55-66-68(62,63)65-53-52-59(3,4)5)54-64-57(60)50-48-46-44-42-40-17-15-13-11-9-7-2/h8,10,13-16,19-20,22-23,25-26,28-29,31-32,34-35,56H,6-7,9,11-12,17-18,21,24,27,30,33,36-55H2,1-5H3/p+1/b10-8-,15-13-,16-14-,20-19-,23-22-,26-25-,29-28-,32-31-,35-34-. The minimum atomic E-state index is -4.39. The molecule has 0 aliphatic heterocycles. The number of hydrogen-bond donors (Lipinski definition) is 1. The first-order chi connectivity index (χ1) is 33.0. The third-order valence-electron chi connectivity index (χ3n) is 10.8. The maximum atomic E-state index is 12.8. The van der Waals surface area contributed by atoms with Gasteiger partial charge in [-0.3, -0.25) is 18.6 Å². The Bertz CT molecular complexity index is 1520. The summed E-state index contributed by atoms with van der Waals surface area (Å²) in [6.45, 7) is 4.23. The zero-order valence-corrected chi connectivity index (χ0v) is 44.7. The van der Waals surface area contributed by atoms with Crippen LogP contribution >= 0.6 is 7.82 Å². The summed E-state index contributed by atoms with van der Waals surface area (Å²) in [4.78, 5) is 35.5. The number of allylic oxidation sites excluding steroid dienone is 18. The van der Waals surface area contributed by atoms with E-state index < -0.39 is 26.5 Å². The van der Waals surface area contributed by atoms with Gasteiger partial charge in [-0.15, -0.1) is 0 Å². The Labute approximate surface area is 416 Å². The highest BCUT2D eigenvalue weighted by atomic mass is 31.2. The molecule has 0 heterocycles. The van der Waals surface area contributed by atoms with E-state index in [2.05, 4.69) is 123 Å². The van der Waals surface area contributed by atoms with Crippen LogP contribution in [0.15, 0.2) is 109 Å². The van der Waals surface area contributed by atoms with Gasteiger partial charge >= 0.3 is 19.8 Å². The van der Waals surface area contributed by atoms with Crippen molar-refractivity contribution in [2.75, 3.05) is 47.5 Å². The number of ether oxygens (including phenoxy) is 2. The Morgan fingerprint density at radius 2 is 0.838 bits per heavy atom. The Kier molecular flexibility index (Phi) is 46.3. The number of phosphoric ester groups is 1. The molecule has 2 unspecified atom stereocenters. The van der Waals surface area contributed by atoms with Crippen LogP contribution in [0.3, 0.4) is 0 Å². The second kappa shape index (κ2) is 48.7. The Balaban J connectivity index is 4.17. The monoisotopic (exact) mass is 969 g/mol. The lowest BCUT2D eigenvalue weighted by molar-refractivity contribution is -0.870. The van der Waals surface area contributed by atoms with Crippen LogP contribution in [0.5, 0.6) is 0 Å². The molecule has 0 radical (unpaired) electrons. The molecule has 388 valence electrons. The molecule has 68 heavy (non-hydrogen) atoms. The van der Waals surface area contributed by atoms with E-state index >= 15 is 0 Å². The molecule has 2 atom stereocenters. The highest BCUT2D eigenvalue weighted by molar-refractivity contribution is 7.47. The number of phosphoric acid groups is 1. The minimum Gasteiger partial charge on any atom is -0.462 e. The molecule has 0 saturated carbocycles. The van der Waals surface area contributed by atoms with Crippen molar-refractivity contribution in [2.24, 2.45) is 0 Å². The predicted octanol–water partition coefficient (Wildman–Crippen LogP) is 16.2. The van der Waals surface area contributed by atoms with Crippen molar-refractivity contribution in [3.8, 4) is 0 Å². The van der Waals surface area contributed by atoms with Crippen LogP contribution in [0.4, 0.5) is 0 Å². The van der Waals surface area contributed by atoms with Crippen molar-refractivity contribution in [2.45, 2.75) is 200 Å². The number of quaternary nitrogens is 1. The second-order valence-electron chi connectivity index (χ2n) is 18.5. The van der Waals surface area contributed by atoms with Crippen LogP contribution in [-0.2, 0) is 32.7 Å². The van der Waals surface area contributed by atoms with Crippen molar-refractivity contribution >= 4 is 19.8 Å². The fourth-order valence-corrected chi connectivity index (χ4v) is 7.40. The van der Waals surface area contributed by atoms with Crippen LogP contribution in [-0.4, -0.2) is 74.9 Å². The van der Waals surface area contributed by atoms with Gasteiger partial charge in [0.05, 0.1) is 27.7 Å². The van der Waals surface area contributed by atoms with Gasteiger partial charge in [-0.25, -0.2) is 4.57 Å². The van der Waals surface area contributed by atoms with Gasteiger partial charge in [-0.2, -0.15) is 0 Å². The predicted molar refractivity (Wildman–Crippen MR) is 288 cm³/mol. The zero-order valence-electron chi connectivity index (χ0n) is 43.8. The molecule has 0 aromatic rings. The third-order valence-corrected chi connectivity index (χ3v) is 11.8. The summed E-state index contributed by atoms with van der Waals surface area (Å²) < 4.78 is 34.4. The molecule has 0 fully saturated rings. The van der Waals surface area contributed by atoms with Crippen molar-refractivity contribution < 1.29 is 42.1 Å². The lowest BCUT2D eigenvalue weighted by atomic mass is 10.1. The van der Waals surface area contributed by atoms with Gasteiger partial charge in [0.2, 0.25) is 0 Å². The highest BCUT2D eigenvalue weighted by Crippen LogP contribution is 2.43. The van der Waals surface area contributed by atoms with Crippen LogP contribution in [0.2, 0.25) is 0 Å². The van der Waals surface area contributed by atoms with E-state index in [1.54, 1.807) is 0 Å². The van der Waals surface area contributed by atoms with Crippen molar-refractivity contribution in [3.05, 3.63) is 109 Å². The minimum absolute atomic E-state index is 0.0233. The summed E-state index contributed by atoms with van der Waals surface area (Å²) in [5.41, 5.74) is 0. The van der Waals surface area contributed by atoms with Crippen molar-refractivity contribution in [3.63, 3.8) is 0 Å². The van der Waals surface area contributed by atoms with E-state index in [9.17, 15) is 19.0 Å². The lowest BCUT2D eigenvalue weighted by Crippen LogP contribution is -2.37. The lowest BCUT2D eigenvalue weighted by Gasteiger charge is -2.24.